The number of likely N-dealkylation sites (N-methyl/N-ethyl adjacent to an activating group) is 1. The van der Waals surface area contributed by atoms with Crippen molar-refractivity contribution >= 4 is 11.8 Å². The van der Waals surface area contributed by atoms with Crippen molar-refractivity contribution in [3.8, 4) is 16.9 Å². The Labute approximate surface area is 132 Å². The molecular formula is C16H16FN3O3. The van der Waals surface area contributed by atoms with Crippen molar-refractivity contribution in [2.45, 2.75) is 0 Å². The second-order valence-corrected chi connectivity index (χ2v) is 5.07. The van der Waals surface area contributed by atoms with Crippen molar-refractivity contribution < 1.29 is 19.1 Å². The van der Waals surface area contributed by atoms with Gasteiger partial charge in [-0.1, -0.05) is 12.1 Å². The van der Waals surface area contributed by atoms with Crippen LogP contribution in [0.1, 0.15) is 10.5 Å². The smallest absolute Gasteiger partial charge is 0.274 e. The van der Waals surface area contributed by atoms with Crippen LogP contribution < -0.4 is 5.32 Å². The number of halogens is 1. The summed E-state index contributed by atoms with van der Waals surface area (Å²) < 4.78 is 12.9. The molecule has 2 N–H and O–H groups in total. The molecule has 1 aromatic heterocycles. The van der Waals surface area contributed by atoms with Crippen LogP contribution in [-0.4, -0.2) is 47.4 Å². The van der Waals surface area contributed by atoms with Crippen molar-refractivity contribution in [1.82, 2.24) is 15.2 Å². The number of amides is 2. The Morgan fingerprint density at radius 1 is 1.22 bits per heavy atom. The largest absolute Gasteiger partial charge is 0.505 e. The second kappa shape index (κ2) is 6.87. The van der Waals surface area contributed by atoms with Gasteiger partial charge in [-0.25, -0.2) is 9.37 Å². The van der Waals surface area contributed by atoms with Gasteiger partial charge in [0.25, 0.3) is 5.91 Å². The highest BCUT2D eigenvalue weighted by atomic mass is 19.1. The molecule has 0 saturated heterocycles. The summed E-state index contributed by atoms with van der Waals surface area (Å²) in [5.74, 6) is -1.61. The van der Waals surface area contributed by atoms with E-state index in [2.05, 4.69) is 10.3 Å². The average molecular weight is 317 g/mol. The molecule has 0 fully saturated rings. The highest BCUT2D eigenvalue weighted by Crippen LogP contribution is 2.24. The number of carbonyl (C=O) groups excluding carboxylic acids is 2. The molecule has 0 atom stereocenters. The van der Waals surface area contributed by atoms with Crippen LogP contribution >= 0.6 is 0 Å². The standard InChI is InChI=1S/C16H16FN3O3/c1-20(2)14(22)9-19-16(23)15-13(21)7-11(8-18-15)10-3-5-12(17)6-4-10/h3-8,21H,9H2,1-2H3,(H,19,23). The van der Waals surface area contributed by atoms with Crippen molar-refractivity contribution in [3.05, 3.63) is 48.0 Å². The summed E-state index contributed by atoms with van der Waals surface area (Å²) in [4.78, 5) is 28.6. The fraction of sp³-hybridized carbons (Fsp3) is 0.188. The summed E-state index contributed by atoms with van der Waals surface area (Å²) in [6.45, 7) is -0.188. The van der Waals surface area contributed by atoms with E-state index in [1.807, 2.05) is 0 Å². The van der Waals surface area contributed by atoms with E-state index in [0.717, 1.165) is 0 Å². The van der Waals surface area contributed by atoms with E-state index in [9.17, 15) is 19.1 Å². The lowest BCUT2D eigenvalue weighted by atomic mass is 10.1. The van der Waals surface area contributed by atoms with Crippen molar-refractivity contribution in [3.63, 3.8) is 0 Å². The maximum absolute atomic E-state index is 12.9. The molecule has 2 aromatic rings. The first-order valence-corrected chi connectivity index (χ1v) is 6.82. The fourth-order valence-corrected chi connectivity index (χ4v) is 1.83. The van der Waals surface area contributed by atoms with E-state index in [0.29, 0.717) is 11.1 Å². The Morgan fingerprint density at radius 2 is 1.87 bits per heavy atom. The van der Waals surface area contributed by atoms with Gasteiger partial charge in [-0.3, -0.25) is 9.59 Å². The van der Waals surface area contributed by atoms with Crippen molar-refractivity contribution in [1.29, 1.82) is 0 Å². The van der Waals surface area contributed by atoms with Crippen molar-refractivity contribution in [2.75, 3.05) is 20.6 Å². The van der Waals surface area contributed by atoms with Gasteiger partial charge in [0.15, 0.2) is 5.69 Å². The normalized spacial score (nSPS) is 10.2. The Morgan fingerprint density at radius 3 is 2.43 bits per heavy atom. The van der Waals surface area contributed by atoms with E-state index in [4.69, 9.17) is 0 Å². The third-order valence-corrected chi connectivity index (χ3v) is 3.16. The number of hydrogen-bond acceptors (Lipinski definition) is 4. The van der Waals surface area contributed by atoms with E-state index < -0.39 is 5.91 Å². The number of hydrogen-bond donors (Lipinski definition) is 2. The highest BCUT2D eigenvalue weighted by Gasteiger charge is 2.15. The molecule has 120 valence electrons. The summed E-state index contributed by atoms with van der Waals surface area (Å²) >= 11 is 0. The number of rotatable bonds is 4. The first-order chi connectivity index (χ1) is 10.9. The first-order valence-electron chi connectivity index (χ1n) is 6.82. The average Bonchev–Trinajstić information content (AvgIpc) is 2.52. The molecule has 2 amide bonds. The molecule has 0 aliphatic rings. The molecule has 0 bridgehead atoms. The molecule has 0 aliphatic carbocycles. The van der Waals surface area contributed by atoms with E-state index in [-0.39, 0.29) is 29.7 Å². The number of aromatic hydroxyl groups is 1. The van der Waals surface area contributed by atoms with E-state index in [1.54, 1.807) is 26.2 Å². The van der Waals surface area contributed by atoms with E-state index >= 15 is 0 Å². The van der Waals surface area contributed by atoms with Gasteiger partial charge in [0.05, 0.1) is 6.54 Å². The molecule has 1 heterocycles. The number of pyridine rings is 1. The number of nitrogens with one attached hydrogen (secondary N) is 1. The van der Waals surface area contributed by atoms with Crippen LogP contribution in [0.4, 0.5) is 4.39 Å². The van der Waals surface area contributed by atoms with Gasteiger partial charge in [0, 0.05) is 25.9 Å². The van der Waals surface area contributed by atoms with Gasteiger partial charge in [0.1, 0.15) is 11.6 Å². The molecule has 1 aromatic carbocycles. The van der Waals surface area contributed by atoms with Crippen LogP contribution in [0.25, 0.3) is 11.1 Å². The maximum atomic E-state index is 12.9. The van der Waals surface area contributed by atoms with Crippen LogP contribution in [0.2, 0.25) is 0 Å². The predicted octanol–water partition coefficient (Wildman–Crippen LogP) is 1.41. The van der Waals surface area contributed by atoms with Gasteiger partial charge in [-0.05, 0) is 23.8 Å². The zero-order valence-corrected chi connectivity index (χ0v) is 12.7. The fourth-order valence-electron chi connectivity index (χ4n) is 1.83. The van der Waals surface area contributed by atoms with Crippen LogP contribution in [0, 0.1) is 5.82 Å². The number of aromatic nitrogens is 1. The minimum Gasteiger partial charge on any atom is -0.505 e. The Hall–Kier alpha value is -2.96. The lowest BCUT2D eigenvalue weighted by Gasteiger charge is -2.11. The monoisotopic (exact) mass is 317 g/mol. The molecule has 0 aliphatic heterocycles. The minimum atomic E-state index is -0.650. The lowest BCUT2D eigenvalue weighted by molar-refractivity contribution is -0.127. The summed E-state index contributed by atoms with van der Waals surface area (Å²) in [7, 11) is 3.14. The summed E-state index contributed by atoms with van der Waals surface area (Å²) in [5, 5.41) is 12.3. The van der Waals surface area contributed by atoms with Gasteiger partial charge >= 0.3 is 0 Å². The predicted molar refractivity (Wildman–Crippen MR) is 82.3 cm³/mol. The van der Waals surface area contributed by atoms with E-state index in [1.165, 1.54) is 29.3 Å². The summed E-state index contributed by atoms with van der Waals surface area (Å²) in [6.07, 6.45) is 1.40. The molecule has 23 heavy (non-hydrogen) atoms. The number of carbonyl (C=O) groups is 2. The Kier molecular flexibility index (Phi) is 4.90. The molecule has 0 saturated carbocycles. The van der Waals surface area contributed by atoms with Gasteiger partial charge < -0.3 is 15.3 Å². The Bertz CT molecular complexity index is 730. The zero-order valence-electron chi connectivity index (χ0n) is 12.7. The first kappa shape index (κ1) is 16.4. The molecule has 0 radical (unpaired) electrons. The number of benzene rings is 1. The lowest BCUT2D eigenvalue weighted by Crippen LogP contribution is -2.36. The van der Waals surface area contributed by atoms with Gasteiger partial charge in [0.2, 0.25) is 5.91 Å². The Balaban J connectivity index is 2.14. The molecule has 0 spiro atoms. The van der Waals surface area contributed by atoms with Crippen LogP contribution in [0.5, 0.6) is 5.75 Å². The second-order valence-electron chi connectivity index (χ2n) is 5.07. The van der Waals surface area contributed by atoms with Crippen LogP contribution in [0.15, 0.2) is 36.5 Å². The SMILES string of the molecule is CN(C)C(=O)CNC(=O)c1ncc(-c2ccc(F)cc2)cc1O. The summed E-state index contributed by atoms with van der Waals surface area (Å²) in [5.41, 5.74) is 1.02. The maximum Gasteiger partial charge on any atom is 0.274 e. The van der Waals surface area contributed by atoms with Gasteiger partial charge in [-0.2, -0.15) is 0 Å². The molecule has 7 heteroatoms. The van der Waals surface area contributed by atoms with Gasteiger partial charge in [-0.15, -0.1) is 0 Å². The zero-order chi connectivity index (χ0) is 17.0. The molecule has 2 rings (SSSR count). The van der Waals surface area contributed by atoms with Crippen molar-refractivity contribution in [2.24, 2.45) is 0 Å². The molecule has 0 unspecified atom stereocenters. The number of nitrogens with zero attached hydrogens (tertiary/aromatic N) is 2. The van der Waals surface area contributed by atoms with Crippen LogP contribution in [0.3, 0.4) is 0 Å². The highest BCUT2D eigenvalue weighted by molar-refractivity contribution is 5.97. The minimum absolute atomic E-state index is 0.178. The quantitative estimate of drug-likeness (QED) is 0.893. The third-order valence-electron chi connectivity index (χ3n) is 3.16. The molecule has 6 nitrogen and oxygen atoms in total. The topological polar surface area (TPSA) is 82.5 Å². The summed E-state index contributed by atoms with van der Waals surface area (Å²) in [6, 6.07) is 7.03. The third kappa shape index (κ3) is 4.03. The van der Waals surface area contributed by atoms with Crippen LogP contribution in [-0.2, 0) is 4.79 Å². The molecular weight excluding hydrogens is 301 g/mol.